The van der Waals surface area contributed by atoms with Crippen molar-refractivity contribution in [1.82, 2.24) is 10.4 Å². The van der Waals surface area contributed by atoms with Gasteiger partial charge in [-0.1, -0.05) is 13.0 Å². The molecule has 0 aliphatic carbocycles. The summed E-state index contributed by atoms with van der Waals surface area (Å²) in [6.45, 7) is 5.05. The van der Waals surface area contributed by atoms with Crippen molar-refractivity contribution >= 4 is 5.91 Å². The lowest BCUT2D eigenvalue weighted by Crippen LogP contribution is -2.39. The maximum Gasteiger partial charge on any atom is 0.292 e. The molecule has 0 aromatic heterocycles. The van der Waals surface area contributed by atoms with Crippen LogP contribution in [0.5, 0.6) is 0 Å². The smallest absolute Gasteiger partial charge is 0.292 e. The quantitative estimate of drug-likeness (QED) is 0.559. The Kier molecular flexibility index (Phi) is 6.72. The number of carbonyl (C=O) groups is 1. The molecule has 0 aromatic rings. The van der Waals surface area contributed by atoms with Crippen LogP contribution in [0.1, 0.15) is 27.2 Å². The summed E-state index contributed by atoms with van der Waals surface area (Å²) in [6.07, 6.45) is 1.39. The summed E-state index contributed by atoms with van der Waals surface area (Å²) in [4.78, 5) is 16.6. The SMILES string of the molecule is CC/C=C(\NC(C)[C@@H](C)F)C(=O)N(C)OC. The molecule has 0 radical (unpaired) electrons. The first kappa shape index (κ1) is 14.9. The lowest BCUT2D eigenvalue weighted by molar-refractivity contribution is -0.164. The number of nitrogens with zero attached hydrogens (tertiary/aromatic N) is 1. The average molecular weight is 232 g/mol. The van der Waals surface area contributed by atoms with Gasteiger partial charge in [-0.25, -0.2) is 9.45 Å². The summed E-state index contributed by atoms with van der Waals surface area (Å²) in [6, 6.07) is -0.410. The minimum absolute atomic E-state index is 0.308. The van der Waals surface area contributed by atoms with E-state index in [0.717, 1.165) is 5.06 Å². The molecule has 1 N–H and O–H groups in total. The lowest BCUT2D eigenvalue weighted by atomic mass is 10.2. The Labute approximate surface area is 96.4 Å². The predicted molar refractivity (Wildman–Crippen MR) is 61.3 cm³/mol. The third-order valence-corrected chi connectivity index (χ3v) is 2.27. The van der Waals surface area contributed by atoms with Gasteiger partial charge in [-0.2, -0.15) is 0 Å². The van der Waals surface area contributed by atoms with Gasteiger partial charge in [-0.15, -0.1) is 0 Å². The molecule has 1 amide bonds. The van der Waals surface area contributed by atoms with Crippen LogP contribution in [-0.4, -0.2) is 37.3 Å². The topological polar surface area (TPSA) is 41.6 Å². The predicted octanol–water partition coefficient (Wildman–Crippen LogP) is 1.64. The van der Waals surface area contributed by atoms with E-state index in [-0.39, 0.29) is 5.91 Å². The molecule has 2 atom stereocenters. The summed E-state index contributed by atoms with van der Waals surface area (Å²) in [5, 5.41) is 3.95. The number of halogens is 1. The number of rotatable bonds is 6. The number of carbonyl (C=O) groups excluding carboxylic acids is 1. The van der Waals surface area contributed by atoms with Gasteiger partial charge in [0.25, 0.3) is 5.91 Å². The molecular formula is C11H21FN2O2. The Bertz CT molecular complexity index is 254. The molecule has 4 nitrogen and oxygen atoms in total. The van der Waals surface area contributed by atoms with Crippen LogP contribution >= 0.6 is 0 Å². The highest BCUT2D eigenvalue weighted by Crippen LogP contribution is 2.04. The van der Waals surface area contributed by atoms with Gasteiger partial charge in [0.1, 0.15) is 6.17 Å². The zero-order valence-corrected chi connectivity index (χ0v) is 10.6. The molecule has 0 aliphatic heterocycles. The molecular weight excluding hydrogens is 211 g/mol. The van der Waals surface area contributed by atoms with E-state index in [4.69, 9.17) is 4.84 Å². The fourth-order valence-electron chi connectivity index (χ4n) is 1.02. The minimum atomic E-state index is -1.03. The van der Waals surface area contributed by atoms with Crippen molar-refractivity contribution in [3.8, 4) is 0 Å². The average Bonchev–Trinajstić information content (AvgIpc) is 2.26. The lowest BCUT2D eigenvalue weighted by Gasteiger charge is -2.21. The fourth-order valence-corrected chi connectivity index (χ4v) is 1.02. The van der Waals surface area contributed by atoms with Crippen LogP contribution in [0, 0.1) is 0 Å². The third-order valence-electron chi connectivity index (χ3n) is 2.27. The van der Waals surface area contributed by atoms with Gasteiger partial charge in [0.15, 0.2) is 0 Å². The molecule has 5 heteroatoms. The van der Waals surface area contributed by atoms with Gasteiger partial charge in [-0.3, -0.25) is 9.63 Å². The molecule has 0 saturated heterocycles. The van der Waals surface area contributed by atoms with E-state index in [9.17, 15) is 9.18 Å². The summed E-state index contributed by atoms with van der Waals surface area (Å²) in [5.41, 5.74) is 0.365. The van der Waals surface area contributed by atoms with Crippen LogP contribution in [0.25, 0.3) is 0 Å². The number of hydroxylamine groups is 2. The van der Waals surface area contributed by atoms with Gasteiger partial charge in [0.2, 0.25) is 0 Å². The maximum absolute atomic E-state index is 13.0. The number of hydrogen-bond donors (Lipinski definition) is 1. The monoisotopic (exact) mass is 232 g/mol. The van der Waals surface area contributed by atoms with Crippen molar-refractivity contribution in [2.75, 3.05) is 14.2 Å². The highest BCUT2D eigenvalue weighted by molar-refractivity contribution is 5.91. The number of allylic oxidation sites excluding steroid dienone is 1. The second-order valence-corrected chi connectivity index (χ2v) is 3.62. The Morgan fingerprint density at radius 2 is 2.12 bits per heavy atom. The maximum atomic E-state index is 13.0. The first-order valence-corrected chi connectivity index (χ1v) is 5.36. The Balaban J connectivity index is 4.63. The molecule has 0 fully saturated rings. The van der Waals surface area contributed by atoms with Crippen LogP contribution in [0.15, 0.2) is 11.8 Å². The van der Waals surface area contributed by atoms with Crippen molar-refractivity contribution in [2.24, 2.45) is 0 Å². The minimum Gasteiger partial charge on any atom is -0.375 e. The van der Waals surface area contributed by atoms with Crippen LogP contribution in [0.4, 0.5) is 4.39 Å². The highest BCUT2D eigenvalue weighted by Gasteiger charge is 2.18. The summed E-state index contributed by atoms with van der Waals surface area (Å²) >= 11 is 0. The van der Waals surface area contributed by atoms with E-state index >= 15 is 0 Å². The van der Waals surface area contributed by atoms with Gasteiger partial charge in [-0.05, 0) is 20.3 Å². The van der Waals surface area contributed by atoms with Crippen LogP contribution in [0.3, 0.4) is 0 Å². The molecule has 1 unspecified atom stereocenters. The molecule has 0 saturated carbocycles. The van der Waals surface area contributed by atoms with Crippen LogP contribution in [0.2, 0.25) is 0 Å². The van der Waals surface area contributed by atoms with Gasteiger partial charge in [0, 0.05) is 7.05 Å². The van der Waals surface area contributed by atoms with E-state index in [1.807, 2.05) is 6.92 Å². The normalized spacial score (nSPS) is 15.5. The highest BCUT2D eigenvalue weighted by atomic mass is 19.1. The molecule has 0 aliphatic rings. The molecule has 0 rings (SSSR count). The molecule has 0 spiro atoms. The second kappa shape index (κ2) is 7.22. The van der Waals surface area contributed by atoms with Gasteiger partial charge < -0.3 is 5.32 Å². The second-order valence-electron chi connectivity index (χ2n) is 3.62. The van der Waals surface area contributed by atoms with E-state index in [2.05, 4.69) is 5.32 Å². The Morgan fingerprint density at radius 1 is 1.56 bits per heavy atom. The molecule has 0 bridgehead atoms. The zero-order valence-electron chi connectivity index (χ0n) is 10.6. The van der Waals surface area contributed by atoms with Gasteiger partial charge in [0.05, 0.1) is 18.8 Å². The fraction of sp³-hybridized carbons (Fsp3) is 0.727. The van der Waals surface area contributed by atoms with Crippen molar-refractivity contribution in [2.45, 2.75) is 39.4 Å². The van der Waals surface area contributed by atoms with Crippen molar-refractivity contribution in [3.05, 3.63) is 11.8 Å². The number of hydrogen-bond acceptors (Lipinski definition) is 3. The summed E-state index contributed by atoms with van der Waals surface area (Å²) in [7, 11) is 2.92. The molecule has 0 aromatic carbocycles. The first-order valence-electron chi connectivity index (χ1n) is 5.36. The molecule has 94 valence electrons. The summed E-state index contributed by atoms with van der Waals surface area (Å²) < 4.78 is 13.0. The molecule has 16 heavy (non-hydrogen) atoms. The van der Waals surface area contributed by atoms with Crippen molar-refractivity contribution in [1.29, 1.82) is 0 Å². The summed E-state index contributed by atoms with van der Waals surface area (Å²) in [5.74, 6) is -0.308. The van der Waals surface area contributed by atoms with Gasteiger partial charge >= 0.3 is 0 Å². The van der Waals surface area contributed by atoms with E-state index < -0.39 is 12.2 Å². The van der Waals surface area contributed by atoms with Crippen LogP contribution < -0.4 is 5.32 Å². The van der Waals surface area contributed by atoms with Crippen LogP contribution in [-0.2, 0) is 9.63 Å². The van der Waals surface area contributed by atoms with E-state index in [1.54, 1.807) is 13.0 Å². The van der Waals surface area contributed by atoms with E-state index in [1.165, 1.54) is 21.1 Å². The molecule has 0 heterocycles. The number of likely N-dealkylation sites (N-methyl/N-ethyl adjacent to an activating group) is 1. The first-order chi connectivity index (χ1) is 7.43. The Morgan fingerprint density at radius 3 is 2.50 bits per heavy atom. The van der Waals surface area contributed by atoms with E-state index in [0.29, 0.717) is 12.1 Å². The van der Waals surface area contributed by atoms with Crippen molar-refractivity contribution in [3.63, 3.8) is 0 Å². The standard InChI is InChI=1S/C11H21FN2O2/c1-6-7-10(11(15)14(4)16-5)13-9(3)8(2)12/h7-9,13H,6H2,1-5H3/b10-7-/t8-,9?/m1/s1. The number of nitrogens with one attached hydrogen (secondary N) is 1. The number of amides is 1. The van der Waals surface area contributed by atoms with Crippen molar-refractivity contribution < 1.29 is 14.0 Å². The number of alkyl halides is 1. The zero-order chi connectivity index (χ0) is 12.7. The Hall–Kier alpha value is -1.10. The largest absolute Gasteiger partial charge is 0.375 e. The third kappa shape index (κ3) is 4.61.